The van der Waals surface area contributed by atoms with Crippen LogP contribution < -0.4 is 5.32 Å². The number of benzene rings is 1. The number of hydrogen-bond donors (Lipinski definition) is 1. The summed E-state index contributed by atoms with van der Waals surface area (Å²) < 4.78 is 13.3. The van der Waals surface area contributed by atoms with Gasteiger partial charge in [-0.1, -0.05) is 0 Å². The molecule has 0 radical (unpaired) electrons. The Morgan fingerprint density at radius 1 is 1.32 bits per heavy atom. The Bertz CT molecular complexity index is 427. The molecule has 1 aromatic carbocycles. The Morgan fingerprint density at radius 2 is 1.95 bits per heavy atom. The Morgan fingerprint density at radius 3 is 2.53 bits per heavy atom. The first kappa shape index (κ1) is 15.9. The zero-order valence-electron chi connectivity index (χ0n) is 11.3. The molecule has 1 saturated heterocycles. The van der Waals surface area contributed by atoms with Crippen molar-refractivity contribution in [2.45, 2.75) is 25.8 Å². The van der Waals surface area contributed by atoms with Crippen molar-refractivity contribution >= 4 is 18.3 Å². The molecule has 0 bridgehead atoms. The summed E-state index contributed by atoms with van der Waals surface area (Å²) in [6, 6.07) is 4.74. The maximum atomic E-state index is 13.3. The summed E-state index contributed by atoms with van der Waals surface area (Å²) in [5.74, 6) is -0.443. The van der Waals surface area contributed by atoms with Crippen molar-refractivity contribution < 1.29 is 9.18 Å². The highest BCUT2D eigenvalue weighted by atomic mass is 35.5. The van der Waals surface area contributed by atoms with E-state index < -0.39 is 0 Å². The highest BCUT2D eigenvalue weighted by molar-refractivity contribution is 5.94. The van der Waals surface area contributed by atoms with Gasteiger partial charge in [-0.25, -0.2) is 4.39 Å². The minimum absolute atomic E-state index is 0. The molecule has 2 rings (SSSR count). The lowest BCUT2D eigenvalue weighted by Gasteiger charge is -2.31. The van der Waals surface area contributed by atoms with Gasteiger partial charge in [0.05, 0.1) is 0 Å². The standard InChI is InChI=1S/C14H19FN2O.ClH/c1-10-7-11(9-12(15)8-10)14(18)17(2)13-3-5-16-6-4-13;/h7-9,13,16H,3-6H2,1-2H3;1H. The summed E-state index contributed by atoms with van der Waals surface area (Å²) in [4.78, 5) is 14.0. The van der Waals surface area contributed by atoms with Crippen molar-refractivity contribution in [3.8, 4) is 0 Å². The first-order chi connectivity index (χ1) is 8.58. The van der Waals surface area contributed by atoms with Crippen LogP contribution in [0.1, 0.15) is 28.8 Å². The molecule has 0 unspecified atom stereocenters. The third kappa shape index (κ3) is 3.91. The van der Waals surface area contributed by atoms with Crippen molar-refractivity contribution in [3.05, 3.63) is 35.1 Å². The molecule has 1 aliphatic rings. The number of amides is 1. The summed E-state index contributed by atoms with van der Waals surface area (Å²) in [6.45, 7) is 3.67. The van der Waals surface area contributed by atoms with Crippen LogP contribution in [0.4, 0.5) is 4.39 Å². The van der Waals surface area contributed by atoms with Crippen LogP contribution in [0, 0.1) is 12.7 Å². The summed E-state index contributed by atoms with van der Waals surface area (Å²) in [5.41, 5.74) is 1.21. The number of carbonyl (C=O) groups excluding carboxylic acids is 1. The van der Waals surface area contributed by atoms with Crippen molar-refractivity contribution in [2.75, 3.05) is 20.1 Å². The molecule has 106 valence electrons. The average molecular weight is 287 g/mol. The fraction of sp³-hybridized carbons (Fsp3) is 0.500. The van der Waals surface area contributed by atoms with Crippen LogP contribution in [-0.2, 0) is 0 Å². The van der Waals surface area contributed by atoms with Gasteiger partial charge in [0, 0.05) is 18.7 Å². The van der Waals surface area contributed by atoms with Gasteiger partial charge in [-0.3, -0.25) is 4.79 Å². The molecule has 1 heterocycles. The van der Waals surface area contributed by atoms with E-state index in [9.17, 15) is 9.18 Å². The number of hydrogen-bond acceptors (Lipinski definition) is 2. The summed E-state index contributed by atoms with van der Waals surface area (Å²) in [6.07, 6.45) is 1.91. The number of nitrogens with zero attached hydrogens (tertiary/aromatic N) is 1. The largest absolute Gasteiger partial charge is 0.339 e. The summed E-state index contributed by atoms with van der Waals surface area (Å²) in [7, 11) is 1.80. The molecule has 19 heavy (non-hydrogen) atoms. The second kappa shape index (κ2) is 6.87. The predicted octanol–water partition coefficient (Wildman–Crippen LogP) is 2.38. The Labute approximate surface area is 119 Å². The van der Waals surface area contributed by atoms with Gasteiger partial charge in [-0.05, 0) is 56.6 Å². The van der Waals surface area contributed by atoms with Gasteiger partial charge < -0.3 is 10.2 Å². The molecule has 1 fully saturated rings. The van der Waals surface area contributed by atoms with E-state index in [-0.39, 0.29) is 30.2 Å². The van der Waals surface area contributed by atoms with Gasteiger partial charge in [0.1, 0.15) is 5.82 Å². The fourth-order valence-corrected chi connectivity index (χ4v) is 2.42. The van der Waals surface area contributed by atoms with E-state index in [2.05, 4.69) is 5.32 Å². The molecule has 1 N–H and O–H groups in total. The SMILES string of the molecule is Cc1cc(F)cc(C(=O)N(C)C2CCNCC2)c1.Cl. The van der Waals surface area contributed by atoms with Crippen molar-refractivity contribution in [1.29, 1.82) is 0 Å². The van der Waals surface area contributed by atoms with Gasteiger partial charge in [0.25, 0.3) is 5.91 Å². The molecule has 0 aliphatic carbocycles. The first-order valence-corrected chi connectivity index (χ1v) is 6.33. The predicted molar refractivity (Wildman–Crippen MR) is 76.4 cm³/mol. The van der Waals surface area contributed by atoms with Gasteiger partial charge in [0.15, 0.2) is 0 Å². The topological polar surface area (TPSA) is 32.3 Å². The fourth-order valence-electron chi connectivity index (χ4n) is 2.42. The number of halogens is 2. The lowest BCUT2D eigenvalue weighted by atomic mass is 10.0. The van der Waals surface area contributed by atoms with Gasteiger partial charge in [0.2, 0.25) is 0 Å². The molecule has 1 aromatic rings. The summed E-state index contributed by atoms with van der Waals surface area (Å²) >= 11 is 0. The summed E-state index contributed by atoms with van der Waals surface area (Å²) in [5, 5.41) is 3.27. The normalized spacial score (nSPS) is 15.7. The Balaban J connectivity index is 0.00000180. The maximum Gasteiger partial charge on any atom is 0.253 e. The Kier molecular flexibility index (Phi) is 5.76. The molecule has 0 saturated carbocycles. The van der Waals surface area contributed by atoms with Gasteiger partial charge >= 0.3 is 0 Å². The van der Waals surface area contributed by atoms with Crippen LogP contribution in [0.5, 0.6) is 0 Å². The van der Waals surface area contributed by atoms with E-state index in [1.54, 1.807) is 24.9 Å². The molecule has 0 aromatic heterocycles. The molecular weight excluding hydrogens is 267 g/mol. The van der Waals surface area contributed by atoms with Crippen molar-refractivity contribution in [3.63, 3.8) is 0 Å². The second-order valence-corrected chi connectivity index (χ2v) is 4.91. The van der Waals surface area contributed by atoms with Crippen LogP contribution in [-0.4, -0.2) is 37.0 Å². The zero-order chi connectivity index (χ0) is 13.1. The smallest absolute Gasteiger partial charge is 0.253 e. The average Bonchev–Trinajstić information content (AvgIpc) is 2.37. The van der Waals surface area contributed by atoms with E-state index in [0.29, 0.717) is 5.56 Å². The van der Waals surface area contributed by atoms with E-state index in [1.807, 2.05) is 0 Å². The molecule has 5 heteroatoms. The zero-order valence-corrected chi connectivity index (χ0v) is 12.1. The minimum Gasteiger partial charge on any atom is -0.339 e. The second-order valence-electron chi connectivity index (χ2n) is 4.91. The molecule has 0 atom stereocenters. The number of nitrogens with one attached hydrogen (secondary N) is 1. The van der Waals surface area contributed by atoms with Crippen LogP contribution >= 0.6 is 12.4 Å². The number of piperidine rings is 1. The van der Waals surface area contributed by atoms with E-state index in [0.717, 1.165) is 31.5 Å². The van der Waals surface area contributed by atoms with Crippen molar-refractivity contribution in [2.24, 2.45) is 0 Å². The number of rotatable bonds is 2. The molecule has 1 aliphatic heterocycles. The van der Waals surface area contributed by atoms with Crippen LogP contribution in [0.3, 0.4) is 0 Å². The Hall–Kier alpha value is -1.13. The minimum atomic E-state index is -0.350. The molecular formula is C14H20ClFN2O. The third-order valence-corrected chi connectivity index (χ3v) is 3.47. The lowest BCUT2D eigenvalue weighted by Crippen LogP contribution is -2.44. The van der Waals surface area contributed by atoms with E-state index in [1.165, 1.54) is 12.1 Å². The highest BCUT2D eigenvalue weighted by Gasteiger charge is 2.23. The van der Waals surface area contributed by atoms with Crippen LogP contribution in [0.2, 0.25) is 0 Å². The molecule has 3 nitrogen and oxygen atoms in total. The van der Waals surface area contributed by atoms with Crippen molar-refractivity contribution in [1.82, 2.24) is 10.2 Å². The van der Waals surface area contributed by atoms with Gasteiger partial charge in [-0.15, -0.1) is 12.4 Å². The first-order valence-electron chi connectivity index (χ1n) is 6.33. The monoisotopic (exact) mass is 286 g/mol. The van der Waals surface area contributed by atoms with Gasteiger partial charge in [-0.2, -0.15) is 0 Å². The third-order valence-electron chi connectivity index (χ3n) is 3.47. The molecule has 0 spiro atoms. The quantitative estimate of drug-likeness (QED) is 0.905. The van der Waals surface area contributed by atoms with Crippen LogP contribution in [0.15, 0.2) is 18.2 Å². The lowest BCUT2D eigenvalue weighted by molar-refractivity contribution is 0.0702. The number of aryl methyl sites for hydroxylation is 1. The van der Waals surface area contributed by atoms with E-state index in [4.69, 9.17) is 0 Å². The highest BCUT2D eigenvalue weighted by Crippen LogP contribution is 2.15. The number of carbonyl (C=O) groups is 1. The van der Waals surface area contributed by atoms with Crippen LogP contribution in [0.25, 0.3) is 0 Å². The maximum absolute atomic E-state index is 13.3. The van der Waals surface area contributed by atoms with E-state index >= 15 is 0 Å². The molecule has 1 amide bonds.